The second-order valence-electron chi connectivity index (χ2n) is 3.80. The largest absolute Gasteiger partial charge is 0.322 e. The molecule has 0 spiro atoms. The highest BCUT2D eigenvalue weighted by molar-refractivity contribution is 6.31. The molecule has 1 aromatic carbocycles. The molecule has 0 aliphatic rings. The molecule has 0 atom stereocenters. The minimum absolute atomic E-state index is 0.266. The Kier molecular flexibility index (Phi) is 2.64. The van der Waals surface area contributed by atoms with Gasteiger partial charge < -0.3 is 5.73 Å². The van der Waals surface area contributed by atoms with Gasteiger partial charge in [-0.2, -0.15) is 0 Å². The first-order valence-electron chi connectivity index (χ1n) is 4.07. The van der Waals surface area contributed by atoms with E-state index in [9.17, 15) is 4.39 Å². The van der Waals surface area contributed by atoms with Crippen LogP contribution in [0.3, 0.4) is 0 Å². The molecular weight excluding hydrogens is 189 g/mol. The monoisotopic (exact) mass is 201 g/mol. The molecule has 0 aromatic heterocycles. The van der Waals surface area contributed by atoms with Gasteiger partial charge in [0.1, 0.15) is 5.82 Å². The molecule has 0 unspecified atom stereocenters. The lowest BCUT2D eigenvalue weighted by atomic mass is 9.94. The van der Waals surface area contributed by atoms with Crippen molar-refractivity contribution in [1.82, 2.24) is 0 Å². The molecule has 0 bridgehead atoms. The van der Waals surface area contributed by atoms with E-state index in [0.29, 0.717) is 16.1 Å². The summed E-state index contributed by atoms with van der Waals surface area (Å²) >= 11 is 5.94. The van der Waals surface area contributed by atoms with E-state index in [-0.39, 0.29) is 5.82 Å². The van der Waals surface area contributed by atoms with Gasteiger partial charge in [-0.25, -0.2) is 4.39 Å². The third-order valence-corrected chi connectivity index (χ3v) is 2.26. The van der Waals surface area contributed by atoms with Crippen molar-refractivity contribution in [1.29, 1.82) is 0 Å². The van der Waals surface area contributed by atoms with Crippen molar-refractivity contribution < 1.29 is 4.39 Å². The fourth-order valence-corrected chi connectivity index (χ4v) is 1.60. The summed E-state index contributed by atoms with van der Waals surface area (Å²) in [6.45, 7) is 5.26. The summed E-state index contributed by atoms with van der Waals surface area (Å²) in [4.78, 5) is 0. The number of nitrogens with two attached hydrogens (primary N) is 1. The van der Waals surface area contributed by atoms with Crippen LogP contribution in [0.15, 0.2) is 12.1 Å². The van der Waals surface area contributed by atoms with E-state index < -0.39 is 5.54 Å². The molecular formula is C10H13ClFN. The molecule has 0 saturated carbocycles. The molecule has 2 N–H and O–H groups in total. The lowest BCUT2D eigenvalue weighted by Gasteiger charge is -2.21. The van der Waals surface area contributed by atoms with Gasteiger partial charge in [-0.1, -0.05) is 11.6 Å². The van der Waals surface area contributed by atoms with Gasteiger partial charge >= 0.3 is 0 Å². The second kappa shape index (κ2) is 3.28. The molecule has 72 valence electrons. The third-order valence-electron chi connectivity index (χ3n) is 1.94. The SMILES string of the molecule is Cc1cc(Cl)c(C(C)(C)N)cc1F. The van der Waals surface area contributed by atoms with Crippen molar-refractivity contribution in [3.8, 4) is 0 Å². The van der Waals surface area contributed by atoms with Crippen molar-refractivity contribution in [3.63, 3.8) is 0 Å². The summed E-state index contributed by atoms with van der Waals surface area (Å²) in [5, 5.41) is 0.520. The fraction of sp³-hybridized carbons (Fsp3) is 0.400. The number of benzene rings is 1. The van der Waals surface area contributed by atoms with Crippen LogP contribution in [0.5, 0.6) is 0 Å². The van der Waals surface area contributed by atoms with Crippen LogP contribution in [0.25, 0.3) is 0 Å². The molecule has 0 heterocycles. The Bertz CT molecular complexity index is 328. The number of hydrogen-bond donors (Lipinski definition) is 1. The Morgan fingerprint density at radius 3 is 2.38 bits per heavy atom. The lowest BCUT2D eigenvalue weighted by Crippen LogP contribution is -2.29. The van der Waals surface area contributed by atoms with E-state index in [1.165, 1.54) is 6.07 Å². The Morgan fingerprint density at radius 1 is 1.38 bits per heavy atom. The number of aryl methyl sites for hydroxylation is 1. The van der Waals surface area contributed by atoms with E-state index in [0.717, 1.165) is 0 Å². The fourth-order valence-electron chi connectivity index (χ4n) is 1.14. The second-order valence-corrected chi connectivity index (χ2v) is 4.21. The summed E-state index contributed by atoms with van der Waals surface area (Å²) in [5.74, 6) is -0.266. The molecule has 0 aliphatic carbocycles. The van der Waals surface area contributed by atoms with E-state index in [4.69, 9.17) is 17.3 Å². The smallest absolute Gasteiger partial charge is 0.126 e. The highest BCUT2D eigenvalue weighted by Crippen LogP contribution is 2.27. The number of hydrogen-bond acceptors (Lipinski definition) is 1. The van der Waals surface area contributed by atoms with Crippen molar-refractivity contribution in [2.75, 3.05) is 0 Å². The molecule has 1 aromatic rings. The third kappa shape index (κ3) is 2.20. The van der Waals surface area contributed by atoms with Crippen LogP contribution >= 0.6 is 11.6 Å². The molecule has 0 radical (unpaired) electrons. The zero-order valence-electron chi connectivity index (χ0n) is 7.99. The molecule has 0 amide bonds. The molecule has 13 heavy (non-hydrogen) atoms. The number of rotatable bonds is 1. The van der Waals surface area contributed by atoms with Crippen molar-refractivity contribution >= 4 is 11.6 Å². The van der Waals surface area contributed by atoms with Crippen LogP contribution in [0.1, 0.15) is 25.0 Å². The average Bonchev–Trinajstić information content (AvgIpc) is 1.94. The summed E-state index contributed by atoms with van der Waals surface area (Å²) in [6.07, 6.45) is 0. The summed E-state index contributed by atoms with van der Waals surface area (Å²) in [7, 11) is 0. The van der Waals surface area contributed by atoms with Gasteiger partial charge in [0.2, 0.25) is 0 Å². The summed E-state index contributed by atoms with van der Waals surface area (Å²) in [5.41, 5.74) is 6.40. The molecule has 0 saturated heterocycles. The first kappa shape index (κ1) is 10.5. The predicted octanol–water partition coefficient (Wildman–Crippen LogP) is 2.98. The lowest BCUT2D eigenvalue weighted by molar-refractivity contribution is 0.542. The highest BCUT2D eigenvalue weighted by Gasteiger charge is 2.19. The highest BCUT2D eigenvalue weighted by atomic mass is 35.5. The standard InChI is InChI=1S/C10H13ClFN/c1-6-4-8(11)7(5-9(6)12)10(2,3)13/h4-5H,13H2,1-3H3. The molecule has 1 nitrogen and oxygen atoms in total. The molecule has 0 aliphatic heterocycles. The normalized spacial score (nSPS) is 11.8. The van der Waals surface area contributed by atoms with Gasteiger partial charge in [0.25, 0.3) is 0 Å². The molecule has 0 fully saturated rings. The summed E-state index contributed by atoms with van der Waals surface area (Å²) < 4.78 is 13.2. The van der Waals surface area contributed by atoms with Gasteiger partial charge in [-0.15, -0.1) is 0 Å². The summed E-state index contributed by atoms with van der Waals surface area (Å²) in [6, 6.07) is 3.00. The van der Waals surface area contributed by atoms with Gasteiger partial charge in [0.15, 0.2) is 0 Å². The zero-order chi connectivity index (χ0) is 10.2. The van der Waals surface area contributed by atoms with E-state index >= 15 is 0 Å². The predicted molar refractivity (Wildman–Crippen MR) is 53.4 cm³/mol. The van der Waals surface area contributed by atoms with E-state index in [1.807, 2.05) is 0 Å². The van der Waals surface area contributed by atoms with Crippen LogP contribution in [0, 0.1) is 12.7 Å². The average molecular weight is 202 g/mol. The molecule has 1 rings (SSSR count). The van der Waals surface area contributed by atoms with Gasteiger partial charge in [0, 0.05) is 10.6 Å². The maximum atomic E-state index is 13.2. The minimum Gasteiger partial charge on any atom is -0.322 e. The van der Waals surface area contributed by atoms with Crippen molar-refractivity contribution in [2.24, 2.45) is 5.73 Å². The Balaban J connectivity index is 3.32. The van der Waals surface area contributed by atoms with Gasteiger partial charge in [-0.3, -0.25) is 0 Å². The zero-order valence-corrected chi connectivity index (χ0v) is 8.74. The first-order valence-corrected chi connectivity index (χ1v) is 4.45. The number of halogens is 2. The quantitative estimate of drug-likeness (QED) is 0.743. The van der Waals surface area contributed by atoms with Crippen molar-refractivity contribution in [2.45, 2.75) is 26.3 Å². The maximum Gasteiger partial charge on any atom is 0.126 e. The minimum atomic E-state index is -0.606. The van der Waals surface area contributed by atoms with Crippen molar-refractivity contribution in [3.05, 3.63) is 34.1 Å². The Hall–Kier alpha value is -0.600. The van der Waals surface area contributed by atoms with Crippen LogP contribution in [0.2, 0.25) is 5.02 Å². The van der Waals surface area contributed by atoms with Gasteiger partial charge in [-0.05, 0) is 44.0 Å². The Morgan fingerprint density at radius 2 is 1.92 bits per heavy atom. The Labute approximate surface area is 82.7 Å². The van der Waals surface area contributed by atoms with E-state index in [1.54, 1.807) is 26.8 Å². The molecule has 3 heteroatoms. The van der Waals surface area contributed by atoms with Crippen LogP contribution in [-0.4, -0.2) is 0 Å². The van der Waals surface area contributed by atoms with Crippen LogP contribution in [0.4, 0.5) is 4.39 Å². The van der Waals surface area contributed by atoms with Crippen LogP contribution < -0.4 is 5.73 Å². The maximum absolute atomic E-state index is 13.2. The first-order chi connectivity index (χ1) is 5.82. The van der Waals surface area contributed by atoms with Crippen LogP contribution in [-0.2, 0) is 5.54 Å². The van der Waals surface area contributed by atoms with E-state index in [2.05, 4.69) is 0 Å². The topological polar surface area (TPSA) is 26.0 Å². The van der Waals surface area contributed by atoms with Gasteiger partial charge in [0.05, 0.1) is 0 Å².